The Morgan fingerprint density at radius 1 is 1.12 bits per heavy atom. The van der Waals surface area contributed by atoms with Crippen molar-refractivity contribution in [3.05, 3.63) is 46.2 Å². The summed E-state index contributed by atoms with van der Waals surface area (Å²) in [6, 6.07) is 12.3. The zero-order valence-electron chi connectivity index (χ0n) is 8.81. The summed E-state index contributed by atoms with van der Waals surface area (Å²) in [5.74, 6) is 0. The Morgan fingerprint density at radius 2 is 2.06 bits per heavy atom. The number of hydrogen-bond donors (Lipinski definition) is 1. The van der Waals surface area contributed by atoms with E-state index in [4.69, 9.17) is 4.98 Å². The molecule has 3 aromatic heterocycles. The molecule has 0 saturated carbocycles. The minimum Gasteiger partial charge on any atom is -0.339 e. The number of rotatable bonds is 0. The molecule has 3 heterocycles. The van der Waals surface area contributed by atoms with Gasteiger partial charge in [-0.15, -0.1) is 0 Å². The molecule has 0 amide bonds. The van der Waals surface area contributed by atoms with E-state index in [9.17, 15) is 0 Å². The summed E-state index contributed by atoms with van der Waals surface area (Å²) in [6.45, 7) is 0. The third-order valence-electron chi connectivity index (χ3n) is 3.03. The highest BCUT2D eigenvalue weighted by molar-refractivity contribution is 14.1. The second-order valence-electron chi connectivity index (χ2n) is 4.03. The molecule has 4 rings (SSSR count). The van der Waals surface area contributed by atoms with Gasteiger partial charge in [0.05, 0.1) is 5.52 Å². The first kappa shape index (κ1) is 9.47. The number of benzene rings is 1. The van der Waals surface area contributed by atoms with E-state index in [0.717, 1.165) is 22.3 Å². The van der Waals surface area contributed by atoms with Gasteiger partial charge in [-0.05, 0) is 46.9 Å². The number of nitrogens with one attached hydrogen (secondary N) is 1. The lowest BCUT2D eigenvalue weighted by Gasteiger charge is -1.93. The van der Waals surface area contributed by atoms with Gasteiger partial charge in [-0.1, -0.05) is 12.1 Å². The Bertz CT molecular complexity index is 857. The van der Waals surface area contributed by atoms with Gasteiger partial charge < -0.3 is 4.98 Å². The van der Waals surface area contributed by atoms with E-state index in [-0.39, 0.29) is 0 Å². The summed E-state index contributed by atoms with van der Waals surface area (Å²) in [6.07, 6.45) is 2.03. The van der Waals surface area contributed by atoms with E-state index in [2.05, 4.69) is 50.2 Å². The number of imidazole rings is 1. The Morgan fingerprint density at radius 3 is 3.00 bits per heavy atom. The highest BCUT2D eigenvalue weighted by Crippen LogP contribution is 2.29. The van der Waals surface area contributed by atoms with Crippen LogP contribution in [-0.4, -0.2) is 14.4 Å². The van der Waals surface area contributed by atoms with Gasteiger partial charge in [0.15, 0.2) is 0 Å². The summed E-state index contributed by atoms with van der Waals surface area (Å²) >= 11 is 2.36. The predicted molar refractivity (Wildman–Crippen MR) is 77.3 cm³/mol. The Labute approximate surface area is 111 Å². The maximum absolute atomic E-state index is 4.69. The second kappa shape index (κ2) is 3.22. The number of fused-ring (bicyclic) bond motifs is 5. The van der Waals surface area contributed by atoms with Crippen LogP contribution >= 0.6 is 22.6 Å². The molecule has 1 aromatic carbocycles. The fourth-order valence-corrected chi connectivity index (χ4v) is 3.04. The van der Waals surface area contributed by atoms with E-state index >= 15 is 0 Å². The molecular weight excluding hydrogens is 325 g/mol. The van der Waals surface area contributed by atoms with Crippen LogP contribution in [0.1, 0.15) is 0 Å². The largest absolute Gasteiger partial charge is 0.339 e. The average Bonchev–Trinajstić information content (AvgIpc) is 2.85. The summed E-state index contributed by atoms with van der Waals surface area (Å²) < 4.78 is 3.32. The smallest absolute Gasteiger partial charge is 0.143 e. The van der Waals surface area contributed by atoms with Gasteiger partial charge in [0, 0.05) is 15.2 Å². The minimum absolute atomic E-state index is 0.982. The molecule has 0 fully saturated rings. The van der Waals surface area contributed by atoms with Gasteiger partial charge in [-0.3, -0.25) is 4.40 Å². The molecule has 0 spiro atoms. The van der Waals surface area contributed by atoms with Crippen molar-refractivity contribution in [2.45, 2.75) is 0 Å². The summed E-state index contributed by atoms with van der Waals surface area (Å²) in [5.41, 5.74) is 4.25. The number of aromatic amines is 1. The molecule has 0 bridgehead atoms. The lowest BCUT2D eigenvalue weighted by atomic mass is 10.2. The van der Waals surface area contributed by atoms with Crippen LogP contribution in [0, 0.1) is 3.57 Å². The third-order valence-corrected chi connectivity index (χ3v) is 3.93. The summed E-state index contributed by atoms with van der Waals surface area (Å²) in [7, 11) is 0. The maximum atomic E-state index is 4.69. The topological polar surface area (TPSA) is 33.1 Å². The average molecular weight is 333 g/mol. The van der Waals surface area contributed by atoms with Crippen LogP contribution in [-0.2, 0) is 0 Å². The second-order valence-corrected chi connectivity index (χ2v) is 5.19. The van der Waals surface area contributed by atoms with Crippen LogP contribution in [0.5, 0.6) is 0 Å². The molecule has 0 saturated heterocycles. The van der Waals surface area contributed by atoms with Gasteiger partial charge >= 0.3 is 0 Å². The molecule has 0 unspecified atom stereocenters. The summed E-state index contributed by atoms with van der Waals surface area (Å²) in [4.78, 5) is 8.13. The van der Waals surface area contributed by atoms with Gasteiger partial charge in [0.25, 0.3) is 0 Å². The van der Waals surface area contributed by atoms with Gasteiger partial charge in [0.2, 0.25) is 0 Å². The molecular formula is C13H8IN3. The SMILES string of the molecule is Ic1cccc2[nH]c3c(nc4ccccn43)c12. The van der Waals surface area contributed by atoms with Gasteiger partial charge in [0.1, 0.15) is 16.8 Å². The van der Waals surface area contributed by atoms with E-state index in [1.807, 2.05) is 24.4 Å². The molecule has 4 heteroatoms. The van der Waals surface area contributed by atoms with Crippen molar-refractivity contribution in [3.63, 3.8) is 0 Å². The van der Waals surface area contributed by atoms with Crippen molar-refractivity contribution in [1.29, 1.82) is 0 Å². The van der Waals surface area contributed by atoms with E-state index in [0.29, 0.717) is 0 Å². The van der Waals surface area contributed by atoms with E-state index in [1.165, 1.54) is 8.96 Å². The van der Waals surface area contributed by atoms with Crippen LogP contribution in [0.15, 0.2) is 42.6 Å². The molecule has 4 aromatic rings. The normalized spacial score (nSPS) is 11.8. The number of hydrogen-bond acceptors (Lipinski definition) is 1. The lowest BCUT2D eigenvalue weighted by molar-refractivity contribution is 1.20. The molecule has 0 aliphatic rings. The lowest BCUT2D eigenvalue weighted by Crippen LogP contribution is -1.82. The molecule has 0 aliphatic heterocycles. The molecule has 82 valence electrons. The quantitative estimate of drug-likeness (QED) is 0.490. The van der Waals surface area contributed by atoms with Crippen LogP contribution < -0.4 is 0 Å². The first-order valence-corrected chi connectivity index (χ1v) is 6.45. The molecule has 0 atom stereocenters. The van der Waals surface area contributed by atoms with Crippen LogP contribution in [0.25, 0.3) is 27.7 Å². The molecule has 17 heavy (non-hydrogen) atoms. The van der Waals surface area contributed by atoms with Crippen molar-refractivity contribution in [1.82, 2.24) is 14.4 Å². The van der Waals surface area contributed by atoms with E-state index < -0.39 is 0 Å². The number of H-pyrrole nitrogens is 1. The minimum atomic E-state index is 0.982. The highest BCUT2D eigenvalue weighted by atomic mass is 127. The molecule has 0 aliphatic carbocycles. The Balaban J connectivity index is 2.35. The fraction of sp³-hybridized carbons (Fsp3) is 0. The van der Waals surface area contributed by atoms with Crippen molar-refractivity contribution >= 4 is 50.3 Å². The van der Waals surface area contributed by atoms with E-state index in [1.54, 1.807) is 0 Å². The first-order chi connectivity index (χ1) is 8.34. The molecule has 1 N–H and O–H groups in total. The van der Waals surface area contributed by atoms with Crippen LogP contribution in [0.4, 0.5) is 0 Å². The van der Waals surface area contributed by atoms with Gasteiger partial charge in [-0.25, -0.2) is 4.98 Å². The number of pyridine rings is 1. The van der Waals surface area contributed by atoms with Crippen LogP contribution in [0.3, 0.4) is 0 Å². The van der Waals surface area contributed by atoms with Crippen molar-refractivity contribution in [3.8, 4) is 0 Å². The van der Waals surface area contributed by atoms with Crippen molar-refractivity contribution in [2.24, 2.45) is 0 Å². The van der Waals surface area contributed by atoms with Crippen LogP contribution in [0.2, 0.25) is 0 Å². The molecule has 0 radical (unpaired) electrons. The zero-order chi connectivity index (χ0) is 11.4. The zero-order valence-corrected chi connectivity index (χ0v) is 11.0. The Kier molecular flexibility index (Phi) is 1.80. The monoisotopic (exact) mass is 333 g/mol. The predicted octanol–water partition coefficient (Wildman–Crippen LogP) is 3.57. The van der Waals surface area contributed by atoms with Crippen molar-refractivity contribution < 1.29 is 0 Å². The Hall–Kier alpha value is -1.56. The standard InChI is InChI=1S/C13H8IN3/c14-8-4-3-5-9-11(8)12-13(15-9)17-7-2-1-6-10(17)16-12/h1-7,15H. The number of nitrogens with zero attached hydrogens (tertiary/aromatic N) is 2. The van der Waals surface area contributed by atoms with Crippen molar-refractivity contribution in [2.75, 3.05) is 0 Å². The van der Waals surface area contributed by atoms with Gasteiger partial charge in [-0.2, -0.15) is 0 Å². The summed E-state index contributed by atoms with van der Waals surface area (Å²) in [5, 5.41) is 1.21. The highest BCUT2D eigenvalue weighted by Gasteiger charge is 2.12. The number of halogens is 1. The first-order valence-electron chi connectivity index (χ1n) is 5.37. The molecule has 3 nitrogen and oxygen atoms in total. The fourth-order valence-electron chi connectivity index (χ4n) is 2.29. The third kappa shape index (κ3) is 1.18. The maximum Gasteiger partial charge on any atom is 0.143 e. The number of aromatic nitrogens is 3.